The Kier molecular flexibility index (Phi) is 4.45. The van der Waals surface area contributed by atoms with Crippen molar-refractivity contribution in [3.63, 3.8) is 0 Å². The summed E-state index contributed by atoms with van der Waals surface area (Å²) >= 11 is 0. The van der Waals surface area contributed by atoms with Gasteiger partial charge in [0, 0.05) is 23.5 Å². The first-order valence-corrected chi connectivity index (χ1v) is 9.19. The van der Waals surface area contributed by atoms with E-state index in [-0.39, 0.29) is 10.9 Å². The van der Waals surface area contributed by atoms with Gasteiger partial charge in [0.2, 0.25) is 10.0 Å². The first-order chi connectivity index (χ1) is 11.4. The lowest BCUT2D eigenvalue weighted by Gasteiger charge is -2.25. The minimum atomic E-state index is -3.70. The number of hydrogen-bond donors (Lipinski definition) is 1. The number of rotatable bonds is 5. The van der Waals surface area contributed by atoms with Crippen LogP contribution in [0.15, 0.2) is 64.1 Å². The number of sulfonamides is 1. The molecule has 1 atom stereocenters. The molecule has 2 N–H and O–H groups in total. The van der Waals surface area contributed by atoms with Crippen molar-refractivity contribution in [3.05, 3.63) is 65.9 Å². The van der Waals surface area contributed by atoms with Crippen molar-refractivity contribution in [1.29, 1.82) is 0 Å². The highest BCUT2D eigenvalue weighted by atomic mass is 32.2. The largest absolute Gasteiger partial charge is 0.464 e. The van der Waals surface area contributed by atoms with Crippen LogP contribution in [0.4, 0.5) is 0 Å². The van der Waals surface area contributed by atoms with Gasteiger partial charge in [0.1, 0.15) is 5.58 Å². The van der Waals surface area contributed by atoms with E-state index >= 15 is 0 Å². The molecule has 3 aromatic rings. The number of furan rings is 1. The Morgan fingerprint density at radius 3 is 2.67 bits per heavy atom. The minimum Gasteiger partial charge on any atom is -0.464 e. The summed E-state index contributed by atoms with van der Waals surface area (Å²) in [6.07, 6.45) is 1.77. The smallest absolute Gasteiger partial charge is 0.238 e. The molecule has 126 valence electrons. The summed E-state index contributed by atoms with van der Waals surface area (Å²) in [5, 5.41) is 6.31. The number of benzene rings is 2. The van der Waals surface area contributed by atoms with Gasteiger partial charge >= 0.3 is 0 Å². The zero-order valence-electron chi connectivity index (χ0n) is 13.6. The molecule has 0 radical (unpaired) electrons. The molecule has 1 aromatic heterocycles. The van der Waals surface area contributed by atoms with Crippen LogP contribution in [0.25, 0.3) is 11.0 Å². The molecule has 0 aliphatic heterocycles. The Balaban J connectivity index is 1.83. The molecule has 0 unspecified atom stereocenters. The van der Waals surface area contributed by atoms with Crippen molar-refractivity contribution in [3.8, 4) is 0 Å². The van der Waals surface area contributed by atoms with Crippen molar-refractivity contribution < 1.29 is 12.8 Å². The predicted molar refractivity (Wildman–Crippen MR) is 93.9 cm³/mol. The molecule has 0 aliphatic rings. The average Bonchev–Trinajstić information content (AvgIpc) is 2.96. The van der Waals surface area contributed by atoms with Crippen molar-refractivity contribution in [2.24, 2.45) is 5.14 Å². The van der Waals surface area contributed by atoms with Crippen molar-refractivity contribution >= 4 is 21.0 Å². The van der Waals surface area contributed by atoms with Crippen LogP contribution in [0.3, 0.4) is 0 Å². The van der Waals surface area contributed by atoms with Gasteiger partial charge in [-0.1, -0.05) is 30.3 Å². The van der Waals surface area contributed by atoms with Crippen LogP contribution in [0, 0.1) is 0 Å². The van der Waals surface area contributed by atoms with E-state index in [2.05, 4.69) is 4.90 Å². The number of fused-ring (bicyclic) bond motifs is 1. The van der Waals surface area contributed by atoms with Crippen LogP contribution in [-0.4, -0.2) is 20.4 Å². The van der Waals surface area contributed by atoms with Gasteiger partial charge in [0.05, 0.1) is 11.2 Å². The highest BCUT2D eigenvalue weighted by Gasteiger charge is 2.17. The molecule has 2 aromatic carbocycles. The van der Waals surface area contributed by atoms with Crippen molar-refractivity contribution in [2.45, 2.75) is 24.4 Å². The molecule has 24 heavy (non-hydrogen) atoms. The second-order valence-corrected chi connectivity index (χ2v) is 7.53. The van der Waals surface area contributed by atoms with Crippen LogP contribution in [0.1, 0.15) is 24.1 Å². The fourth-order valence-electron chi connectivity index (χ4n) is 2.77. The van der Waals surface area contributed by atoms with Crippen LogP contribution < -0.4 is 5.14 Å². The first kappa shape index (κ1) is 16.7. The third-order valence-corrected chi connectivity index (χ3v) is 5.22. The quantitative estimate of drug-likeness (QED) is 0.770. The summed E-state index contributed by atoms with van der Waals surface area (Å²) in [5.41, 5.74) is 2.86. The zero-order valence-corrected chi connectivity index (χ0v) is 14.5. The molecule has 5 nitrogen and oxygen atoms in total. The lowest BCUT2D eigenvalue weighted by Crippen LogP contribution is -2.22. The van der Waals surface area contributed by atoms with E-state index in [0.717, 1.165) is 22.1 Å². The summed E-state index contributed by atoms with van der Waals surface area (Å²) in [6.45, 7) is 2.72. The van der Waals surface area contributed by atoms with Gasteiger partial charge in [0.15, 0.2) is 0 Å². The van der Waals surface area contributed by atoms with Gasteiger partial charge < -0.3 is 4.42 Å². The van der Waals surface area contributed by atoms with E-state index < -0.39 is 10.0 Å². The molecule has 0 bridgehead atoms. The first-order valence-electron chi connectivity index (χ1n) is 7.64. The second kappa shape index (κ2) is 6.39. The fraction of sp³-hybridized carbons (Fsp3) is 0.222. The van der Waals surface area contributed by atoms with E-state index in [9.17, 15) is 8.42 Å². The van der Waals surface area contributed by atoms with Gasteiger partial charge in [-0.3, -0.25) is 4.90 Å². The van der Waals surface area contributed by atoms with Gasteiger partial charge in [-0.15, -0.1) is 0 Å². The van der Waals surface area contributed by atoms with Crippen LogP contribution in [-0.2, 0) is 16.6 Å². The van der Waals surface area contributed by atoms with Gasteiger partial charge in [0.25, 0.3) is 0 Å². The Bertz CT molecular complexity index is 963. The summed E-state index contributed by atoms with van der Waals surface area (Å²) in [7, 11) is -1.70. The van der Waals surface area contributed by atoms with E-state index in [1.54, 1.807) is 18.4 Å². The molecule has 0 aliphatic carbocycles. The molecular formula is C18H20N2O3S. The fourth-order valence-corrected chi connectivity index (χ4v) is 3.34. The maximum absolute atomic E-state index is 11.5. The highest BCUT2D eigenvalue weighted by Crippen LogP contribution is 2.26. The van der Waals surface area contributed by atoms with Gasteiger partial charge in [-0.25, -0.2) is 13.6 Å². The molecular weight excluding hydrogens is 324 g/mol. The van der Waals surface area contributed by atoms with Gasteiger partial charge in [-0.05, 0) is 37.7 Å². The lowest BCUT2D eigenvalue weighted by molar-refractivity contribution is 0.253. The average molecular weight is 344 g/mol. The van der Waals surface area contributed by atoms with Crippen molar-refractivity contribution in [1.82, 2.24) is 4.90 Å². The van der Waals surface area contributed by atoms with Crippen LogP contribution in [0.5, 0.6) is 0 Å². The lowest BCUT2D eigenvalue weighted by atomic mass is 10.1. The van der Waals surface area contributed by atoms with E-state index in [1.165, 1.54) is 6.07 Å². The molecule has 3 rings (SSSR count). The summed E-state index contributed by atoms with van der Waals surface area (Å²) in [5.74, 6) is 0. The minimum absolute atomic E-state index is 0.0281. The Hall–Kier alpha value is -2.15. The Labute approximate surface area is 141 Å². The van der Waals surface area contributed by atoms with E-state index in [4.69, 9.17) is 9.56 Å². The molecule has 6 heteroatoms. The highest BCUT2D eigenvalue weighted by molar-refractivity contribution is 7.89. The van der Waals surface area contributed by atoms with Crippen LogP contribution >= 0.6 is 0 Å². The topological polar surface area (TPSA) is 76.5 Å². The number of para-hydroxylation sites is 1. The maximum atomic E-state index is 11.5. The Morgan fingerprint density at radius 2 is 1.92 bits per heavy atom. The molecule has 0 amide bonds. The molecule has 0 saturated heterocycles. The SMILES string of the molecule is C[C@@H](c1cccc(S(N)(=O)=O)c1)N(C)Cc1coc2ccccc12. The number of hydrogen-bond acceptors (Lipinski definition) is 4. The maximum Gasteiger partial charge on any atom is 0.238 e. The summed E-state index contributed by atoms with van der Waals surface area (Å²) < 4.78 is 28.6. The molecule has 1 heterocycles. The number of nitrogens with zero attached hydrogens (tertiary/aromatic N) is 1. The third kappa shape index (κ3) is 3.36. The molecule has 0 fully saturated rings. The van der Waals surface area contributed by atoms with Gasteiger partial charge in [-0.2, -0.15) is 0 Å². The third-order valence-electron chi connectivity index (χ3n) is 4.31. The van der Waals surface area contributed by atoms with E-state index in [0.29, 0.717) is 6.54 Å². The molecule has 0 saturated carbocycles. The number of nitrogens with two attached hydrogens (primary N) is 1. The van der Waals surface area contributed by atoms with Crippen molar-refractivity contribution in [2.75, 3.05) is 7.05 Å². The normalized spacial score (nSPS) is 13.5. The summed E-state index contributed by atoms with van der Waals surface area (Å²) in [6, 6.07) is 14.7. The van der Waals surface area contributed by atoms with Crippen LogP contribution in [0.2, 0.25) is 0 Å². The van der Waals surface area contributed by atoms with E-state index in [1.807, 2.05) is 44.3 Å². The molecule has 0 spiro atoms. The number of primary sulfonamides is 1. The Morgan fingerprint density at radius 1 is 1.17 bits per heavy atom. The monoisotopic (exact) mass is 344 g/mol. The standard InChI is InChI=1S/C18H20N2O3S/c1-13(14-6-5-7-16(10-14)24(19,21)22)20(2)11-15-12-23-18-9-4-3-8-17(15)18/h3-10,12-13H,11H2,1-2H3,(H2,19,21,22)/t13-/m0/s1. The second-order valence-electron chi connectivity index (χ2n) is 5.97. The summed E-state index contributed by atoms with van der Waals surface area (Å²) in [4.78, 5) is 2.27. The predicted octanol–water partition coefficient (Wildman–Crippen LogP) is 3.27. The zero-order chi connectivity index (χ0) is 17.3.